The maximum absolute atomic E-state index is 12.4. The van der Waals surface area contributed by atoms with Gasteiger partial charge in [0, 0.05) is 17.1 Å². The lowest BCUT2D eigenvalue weighted by atomic mass is 10.3. The fourth-order valence-corrected chi connectivity index (χ4v) is 3.96. The van der Waals surface area contributed by atoms with E-state index < -0.39 is 22.0 Å². The van der Waals surface area contributed by atoms with E-state index in [0.29, 0.717) is 16.8 Å². The molecular formula is C13H19BrN2O5S. The summed E-state index contributed by atoms with van der Waals surface area (Å²) >= 11 is 3.19. The predicted molar refractivity (Wildman–Crippen MR) is 85.7 cm³/mol. The van der Waals surface area contributed by atoms with Crippen LogP contribution < -0.4 is 19.5 Å². The molecule has 0 radical (unpaired) electrons. The molecule has 0 aliphatic carbocycles. The number of nitrogens with one attached hydrogen (secondary N) is 2. The molecule has 2 N–H and O–H groups in total. The molecule has 0 bridgehead atoms. The van der Waals surface area contributed by atoms with Crippen molar-refractivity contribution in [1.82, 2.24) is 10.0 Å². The highest BCUT2D eigenvalue weighted by Gasteiger charge is 2.25. The first-order chi connectivity index (χ1) is 10.3. The van der Waals surface area contributed by atoms with Gasteiger partial charge in [0.05, 0.1) is 20.3 Å². The van der Waals surface area contributed by atoms with Crippen LogP contribution in [0.2, 0.25) is 0 Å². The Morgan fingerprint density at radius 2 is 1.82 bits per heavy atom. The van der Waals surface area contributed by atoms with Crippen LogP contribution in [0.5, 0.6) is 11.5 Å². The third kappa shape index (κ3) is 4.34. The van der Waals surface area contributed by atoms with Gasteiger partial charge in [0.25, 0.3) is 0 Å². The summed E-state index contributed by atoms with van der Waals surface area (Å²) in [6.45, 7) is 3.65. The highest BCUT2D eigenvalue weighted by molar-refractivity contribution is 9.10. The van der Waals surface area contributed by atoms with Crippen molar-refractivity contribution in [2.75, 3.05) is 20.8 Å². The number of carbonyl (C=O) groups excluding carboxylic acids is 1. The molecule has 1 aromatic carbocycles. The second-order valence-corrected chi connectivity index (χ2v) is 6.91. The Bertz CT molecular complexity index is 648. The topological polar surface area (TPSA) is 93.7 Å². The highest BCUT2D eigenvalue weighted by atomic mass is 79.9. The van der Waals surface area contributed by atoms with Crippen LogP contribution in [0.3, 0.4) is 0 Å². The number of methoxy groups -OCH3 is 2. The van der Waals surface area contributed by atoms with E-state index in [-0.39, 0.29) is 10.6 Å². The molecule has 0 aliphatic heterocycles. The number of hydrogen-bond acceptors (Lipinski definition) is 5. The minimum absolute atomic E-state index is 0.0405. The zero-order valence-electron chi connectivity index (χ0n) is 12.8. The van der Waals surface area contributed by atoms with Gasteiger partial charge < -0.3 is 14.8 Å². The lowest BCUT2D eigenvalue weighted by Crippen LogP contribution is -2.44. The molecule has 0 fully saturated rings. The number of benzene rings is 1. The van der Waals surface area contributed by atoms with E-state index >= 15 is 0 Å². The lowest BCUT2D eigenvalue weighted by Gasteiger charge is -2.16. The van der Waals surface area contributed by atoms with Gasteiger partial charge in [-0.1, -0.05) is 0 Å². The van der Waals surface area contributed by atoms with E-state index in [4.69, 9.17) is 9.47 Å². The van der Waals surface area contributed by atoms with Gasteiger partial charge >= 0.3 is 0 Å². The summed E-state index contributed by atoms with van der Waals surface area (Å²) in [5, 5.41) is 2.55. The van der Waals surface area contributed by atoms with Crippen molar-refractivity contribution in [2.24, 2.45) is 0 Å². The fraction of sp³-hybridized carbons (Fsp3) is 0.462. The van der Waals surface area contributed by atoms with Crippen molar-refractivity contribution in [3.05, 3.63) is 16.6 Å². The molecular weight excluding hydrogens is 376 g/mol. The van der Waals surface area contributed by atoms with Crippen LogP contribution in [0.25, 0.3) is 0 Å². The minimum Gasteiger partial charge on any atom is -0.493 e. The highest BCUT2D eigenvalue weighted by Crippen LogP contribution is 2.35. The minimum atomic E-state index is -3.90. The van der Waals surface area contributed by atoms with Crippen molar-refractivity contribution in [3.63, 3.8) is 0 Å². The van der Waals surface area contributed by atoms with Crippen molar-refractivity contribution in [3.8, 4) is 11.5 Å². The Morgan fingerprint density at radius 1 is 1.27 bits per heavy atom. The third-order valence-electron chi connectivity index (χ3n) is 2.80. The third-order valence-corrected chi connectivity index (χ3v) is 5.30. The molecule has 124 valence electrons. The average Bonchev–Trinajstić information content (AvgIpc) is 2.46. The smallest absolute Gasteiger partial charge is 0.242 e. The molecule has 0 saturated heterocycles. The van der Waals surface area contributed by atoms with Crippen LogP contribution in [0.1, 0.15) is 13.8 Å². The number of sulfonamides is 1. The number of amides is 1. The number of likely N-dealkylation sites (N-methyl/N-ethyl adjacent to an activating group) is 1. The molecule has 0 unspecified atom stereocenters. The number of carbonyl (C=O) groups is 1. The zero-order valence-corrected chi connectivity index (χ0v) is 15.2. The summed E-state index contributed by atoms with van der Waals surface area (Å²) in [5.74, 6) is 0.268. The molecule has 7 nitrogen and oxygen atoms in total. The summed E-state index contributed by atoms with van der Waals surface area (Å²) < 4.78 is 37.7. The van der Waals surface area contributed by atoms with Gasteiger partial charge in [-0.2, -0.15) is 4.72 Å². The van der Waals surface area contributed by atoms with Gasteiger partial charge in [0.2, 0.25) is 15.9 Å². The Kier molecular flexibility index (Phi) is 6.64. The van der Waals surface area contributed by atoms with E-state index in [0.717, 1.165) is 0 Å². The van der Waals surface area contributed by atoms with Crippen LogP contribution in [-0.2, 0) is 14.8 Å². The summed E-state index contributed by atoms with van der Waals surface area (Å²) in [6, 6.07) is 1.92. The SMILES string of the molecule is CCNC(=O)[C@@H](C)NS(=O)(=O)c1cc(OC)c(OC)cc1Br. The second kappa shape index (κ2) is 7.80. The summed E-state index contributed by atoms with van der Waals surface area (Å²) in [6.07, 6.45) is 0. The first kappa shape index (κ1) is 18.7. The number of halogens is 1. The molecule has 0 heterocycles. The normalized spacial score (nSPS) is 12.6. The van der Waals surface area contributed by atoms with Gasteiger partial charge in [-0.3, -0.25) is 4.79 Å². The standard InChI is InChI=1S/C13H19BrN2O5S/c1-5-15-13(17)8(2)16-22(18,19)12-7-11(21-4)10(20-3)6-9(12)14/h6-8,16H,5H2,1-4H3,(H,15,17)/t8-/m1/s1. The Hall–Kier alpha value is -1.32. The molecule has 1 aromatic rings. The molecule has 1 rings (SSSR count). The van der Waals surface area contributed by atoms with Crippen LogP contribution in [-0.4, -0.2) is 41.1 Å². The summed E-state index contributed by atoms with van der Waals surface area (Å²) in [4.78, 5) is 11.6. The second-order valence-electron chi connectivity index (χ2n) is 4.38. The van der Waals surface area contributed by atoms with E-state index in [1.54, 1.807) is 6.92 Å². The largest absolute Gasteiger partial charge is 0.493 e. The maximum atomic E-state index is 12.4. The molecule has 0 aromatic heterocycles. The Balaban J connectivity index is 3.15. The molecule has 1 amide bonds. The molecule has 9 heteroatoms. The van der Waals surface area contributed by atoms with Gasteiger partial charge in [-0.25, -0.2) is 8.42 Å². The van der Waals surface area contributed by atoms with E-state index in [1.165, 1.54) is 33.3 Å². The molecule has 22 heavy (non-hydrogen) atoms. The van der Waals surface area contributed by atoms with Gasteiger partial charge in [-0.05, 0) is 35.8 Å². The maximum Gasteiger partial charge on any atom is 0.242 e. The molecule has 1 atom stereocenters. The quantitative estimate of drug-likeness (QED) is 0.725. The summed E-state index contributed by atoms with van der Waals surface area (Å²) in [5.41, 5.74) is 0. The van der Waals surface area contributed by atoms with Crippen molar-refractivity contribution in [1.29, 1.82) is 0 Å². The fourth-order valence-electron chi connectivity index (χ4n) is 1.72. The first-order valence-electron chi connectivity index (χ1n) is 6.48. The average molecular weight is 395 g/mol. The van der Waals surface area contributed by atoms with Crippen molar-refractivity contribution < 1.29 is 22.7 Å². The molecule has 0 spiro atoms. The Morgan fingerprint density at radius 3 is 2.32 bits per heavy atom. The van der Waals surface area contributed by atoms with Crippen molar-refractivity contribution in [2.45, 2.75) is 24.8 Å². The molecule has 0 saturated carbocycles. The number of rotatable bonds is 7. The summed E-state index contributed by atoms with van der Waals surface area (Å²) in [7, 11) is -1.04. The van der Waals surface area contributed by atoms with Crippen LogP contribution in [0, 0.1) is 0 Å². The van der Waals surface area contributed by atoms with E-state index in [1.807, 2.05) is 0 Å². The number of hydrogen-bond donors (Lipinski definition) is 2. The predicted octanol–water partition coefficient (Wildman–Crippen LogP) is 1.27. The van der Waals surface area contributed by atoms with Crippen molar-refractivity contribution >= 4 is 31.9 Å². The lowest BCUT2D eigenvalue weighted by molar-refractivity contribution is -0.122. The van der Waals surface area contributed by atoms with E-state index in [2.05, 4.69) is 26.0 Å². The Labute approximate surface area is 138 Å². The monoisotopic (exact) mass is 394 g/mol. The van der Waals surface area contributed by atoms with Gasteiger partial charge in [-0.15, -0.1) is 0 Å². The van der Waals surface area contributed by atoms with E-state index in [9.17, 15) is 13.2 Å². The first-order valence-corrected chi connectivity index (χ1v) is 8.76. The van der Waals surface area contributed by atoms with Crippen LogP contribution in [0.15, 0.2) is 21.5 Å². The number of ether oxygens (including phenoxy) is 2. The molecule has 0 aliphatic rings. The van der Waals surface area contributed by atoms with Gasteiger partial charge in [0.15, 0.2) is 11.5 Å². The zero-order chi connectivity index (χ0) is 16.9. The van der Waals surface area contributed by atoms with Gasteiger partial charge in [0.1, 0.15) is 4.90 Å². The van der Waals surface area contributed by atoms with Crippen LogP contribution >= 0.6 is 15.9 Å². The van der Waals surface area contributed by atoms with Crippen LogP contribution in [0.4, 0.5) is 0 Å².